The summed E-state index contributed by atoms with van der Waals surface area (Å²) in [7, 11) is 0. The summed E-state index contributed by atoms with van der Waals surface area (Å²) >= 11 is 0. The van der Waals surface area contributed by atoms with E-state index in [0.717, 1.165) is 18.3 Å². The number of halogens is 2. The molecule has 2 aromatic rings. The Bertz CT molecular complexity index is 646. The van der Waals surface area contributed by atoms with Crippen LogP contribution in [0.5, 0.6) is 17.2 Å². The smallest absolute Gasteiger partial charge is 0.358 e. The first-order valence-corrected chi connectivity index (χ1v) is 5.03. The largest absolute Gasteiger partial charge is 0.505 e. The number of nitrogens with zero attached hydrogens (tertiary/aromatic N) is 1. The zero-order valence-electron chi connectivity index (χ0n) is 9.30. The highest BCUT2D eigenvalue weighted by atomic mass is 19.2. The number of carbonyl (C=O) groups is 1. The standard InChI is InChI=1S/C12H7F2NO4/c13-7-2-1-3-9(10(7)14)19-6-4-8(16)11(12(17)18)15-5-6/h1-5,16H,(H,17,18). The highest BCUT2D eigenvalue weighted by Gasteiger charge is 2.14. The molecule has 0 aliphatic carbocycles. The molecular weight excluding hydrogens is 260 g/mol. The topological polar surface area (TPSA) is 79.7 Å². The zero-order valence-corrected chi connectivity index (χ0v) is 9.30. The molecular formula is C12H7F2NO4. The van der Waals surface area contributed by atoms with Crippen LogP contribution in [0.15, 0.2) is 30.5 Å². The van der Waals surface area contributed by atoms with Crippen molar-refractivity contribution in [2.45, 2.75) is 0 Å². The van der Waals surface area contributed by atoms with Gasteiger partial charge in [-0.2, -0.15) is 4.39 Å². The Morgan fingerprint density at radius 2 is 2.05 bits per heavy atom. The number of aromatic nitrogens is 1. The molecule has 19 heavy (non-hydrogen) atoms. The number of benzene rings is 1. The number of rotatable bonds is 3. The van der Waals surface area contributed by atoms with Crippen LogP contribution in [-0.2, 0) is 0 Å². The van der Waals surface area contributed by atoms with Crippen molar-refractivity contribution in [2.75, 3.05) is 0 Å². The van der Waals surface area contributed by atoms with E-state index in [1.807, 2.05) is 0 Å². The number of ether oxygens (including phenoxy) is 1. The second kappa shape index (κ2) is 4.89. The molecule has 0 spiro atoms. The van der Waals surface area contributed by atoms with E-state index in [1.54, 1.807) is 0 Å². The van der Waals surface area contributed by atoms with Crippen molar-refractivity contribution in [3.63, 3.8) is 0 Å². The summed E-state index contributed by atoms with van der Waals surface area (Å²) in [5.74, 6) is -4.85. The highest BCUT2D eigenvalue weighted by molar-refractivity contribution is 5.88. The van der Waals surface area contributed by atoms with E-state index >= 15 is 0 Å². The van der Waals surface area contributed by atoms with E-state index in [1.165, 1.54) is 12.1 Å². The molecule has 1 aromatic carbocycles. The third kappa shape index (κ3) is 2.59. The maximum absolute atomic E-state index is 13.3. The molecule has 0 saturated heterocycles. The van der Waals surface area contributed by atoms with Crippen molar-refractivity contribution in [3.8, 4) is 17.2 Å². The number of aromatic hydroxyl groups is 1. The lowest BCUT2D eigenvalue weighted by atomic mass is 10.3. The molecule has 2 N–H and O–H groups in total. The number of hydrogen-bond acceptors (Lipinski definition) is 4. The maximum Gasteiger partial charge on any atom is 0.358 e. The second-order valence-electron chi connectivity index (χ2n) is 3.50. The normalized spacial score (nSPS) is 10.2. The van der Waals surface area contributed by atoms with Gasteiger partial charge in [0.1, 0.15) is 5.75 Å². The molecule has 0 atom stereocenters. The summed E-state index contributed by atoms with van der Waals surface area (Å²) in [6.07, 6.45) is 0.980. The fourth-order valence-corrected chi connectivity index (χ4v) is 1.35. The van der Waals surface area contributed by atoms with Gasteiger partial charge in [0.15, 0.2) is 23.0 Å². The van der Waals surface area contributed by atoms with Crippen LogP contribution in [0.3, 0.4) is 0 Å². The van der Waals surface area contributed by atoms with Crippen LogP contribution in [0, 0.1) is 11.6 Å². The molecule has 0 aliphatic rings. The predicted octanol–water partition coefficient (Wildman–Crippen LogP) is 2.56. The average Bonchev–Trinajstić information content (AvgIpc) is 2.34. The lowest BCUT2D eigenvalue weighted by molar-refractivity contribution is 0.0687. The Kier molecular flexibility index (Phi) is 3.28. The molecule has 98 valence electrons. The molecule has 7 heteroatoms. The van der Waals surface area contributed by atoms with Gasteiger partial charge in [0.2, 0.25) is 5.82 Å². The van der Waals surface area contributed by atoms with Crippen LogP contribution < -0.4 is 4.74 Å². The van der Waals surface area contributed by atoms with Crippen molar-refractivity contribution < 1.29 is 28.5 Å². The van der Waals surface area contributed by atoms with Crippen LogP contribution in [0.25, 0.3) is 0 Å². The molecule has 0 aliphatic heterocycles. The summed E-state index contributed by atoms with van der Waals surface area (Å²) < 4.78 is 31.2. The predicted molar refractivity (Wildman–Crippen MR) is 59.3 cm³/mol. The first-order chi connectivity index (χ1) is 8.99. The summed E-state index contributed by atoms with van der Waals surface area (Å²) in [4.78, 5) is 14.1. The average molecular weight is 267 g/mol. The first-order valence-electron chi connectivity index (χ1n) is 5.03. The molecule has 0 fully saturated rings. The van der Waals surface area contributed by atoms with Gasteiger partial charge in [0, 0.05) is 6.07 Å². The SMILES string of the molecule is O=C(O)c1ncc(Oc2cccc(F)c2F)cc1O. The van der Waals surface area contributed by atoms with E-state index in [-0.39, 0.29) is 5.75 Å². The Morgan fingerprint density at radius 1 is 1.32 bits per heavy atom. The van der Waals surface area contributed by atoms with Crippen molar-refractivity contribution in [3.05, 3.63) is 47.8 Å². The van der Waals surface area contributed by atoms with Gasteiger partial charge in [-0.25, -0.2) is 14.2 Å². The molecule has 1 aromatic heterocycles. The summed E-state index contributed by atoms with van der Waals surface area (Å²) in [5.41, 5.74) is -0.563. The lowest BCUT2D eigenvalue weighted by Crippen LogP contribution is -2.01. The van der Waals surface area contributed by atoms with E-state index in [2.05, 4.69) is 4.98 Å². The zero-order chi connectivity index (χ0) is 14.0. The molecule has 5 nitrogen and oxygen atoms in total. The van der Waals surface area contributed by atoms with Gasteiger partial charge in [0.25, 0.3) is 0 Å². The van der Waals surface area contributed by atoms with Crippen LogP contribution in [0.1, 0.15) is 10.5 Å². The van der Waals surface area contributed by atoms with Gasteiger partial charge in [-0.05, 0) is 12.1 Å². The molecule has 0 amide bonds. The van der Waals surface area contributed by atoms with Gasteiger partial charge in [-0.15, -0.1) is 0 Å². The lowest BCUT2D eigenvalue weighted by Gasteiger charge is -2.07. The van der Waals surface area contributed by atoms with Gasteiger partial charge in [0.05, 0.1) is 6.20 Å². The van der Waals surface area contributed by atoms with E-state index in [0.29, 0.717) is 0 Å². The molecule has 1 heterocycles. The summed E-state index contributed by atoms with van der Waals surface area (Å²) in [5, 5.41) is 18.0. The van der Waals surface area contributed by atoms with Crippen molar-refractivity contribution in [2.24, 2.45) is 0 Å². The van der Waals surface area contributed by atoms with Gasteiger partial charge in [-0.1, -0.05) is 6.07 Å². The van der Waals surface area contributed by atoms with Gasteiger partial charge in [-0.3, -0.25) is 0 Å². The minimum atomic E-state index is -1.42. The molecule has 0 unspecified atom stereocenters. The van der Waals surface area contributed by atoms with E-state index < -0.39 is 34.8 Å². The summed E-state index contributed by atoms with van der Waals surface area (Å²) in [6, 6.07) is 4.29. The Labute approximate surface area is 105 Å². The quantitative estimate of drug-likeness (QED) is 0.893. The maximum atomic E-state index is 13.3. The second-order valence-corrected chi connectivity index (χ2v) is 3.50. The minimum absolute atomic E-state index is 0.119. The number of hydrogen-bond donors (Lipinski definition) is 2. The molecule has 0 radical (unpaired) electrons. The number of carboxylic acids is 1. The fourth-order valence-electron chi connectivity index (χ4n) is 1.35. The molecule has 0 bridgehead atoms. The third-order valence-electron chi connectivity index (χ3n) is 2.19. The van der Waals surface area contributed by atoms with Gasteiger partial charge >= 0.3 is 5.97 Å². The van der Waals surface area contributed by atoms with E-state index in [9.17, 15) is 18.7 Å². The monoisotopic (exact) mass is 267 g/mol. The van der Waals surface area contributed by atoms with Crippen molar-refractivity contribution in [1.29, 1.82) is 0 Å². The summed E-state index contributed by atoms with van der Waals surface area (Å²) in [6.45, 7) is 0. The fraction of sp³-hybridized carbons (Fsp3) is 0. The van der Waals surface area contributed by atoms with E-state index in [4.69, 9.17) is 9.84 Å². The number of aromatic carboxylic acids is 1. The number of carboxylic acid groups (broad SMARTS) is 1. The van der Waals surface area contributed by atoms with Crippen LogP contribution in [0.2, 0.25) is 0 Å². The Balaban J connectivity index is 2.32. The minimum Gasteiger partial charge on any atom is -0.505 e. The third-order valence-corrected chi connectivity index (χ3v) is 2.19. The van der Waals surface area contributed by atoms with Crippen molar-refractivity contribution >= 4 is 5.97 Å². The number of pyridine rings is 1. The first kappa shape index (κ1) is 12.7. The molecule has 2 rings (SSSR count). The Morgan fingerprint density at radius 3 is 2.68 bits per heavy atom. The van der Waals surface area contributed by atoms with Crippen LogP contribution >= 0.6 is 0 Å². The van der Waals surface area contributed by atoms with Crippen LogP contribution in [0.4, 0.5) is 8.78 Å². The molecule has 0 saturated carbocycles. The van der Waals surface area contributed by atoms with Crippen LogP contribution in [-0.4, -0.2) is 21.2 Å². The Hall–Kier alpha value is -2.70. The van der Waals surface area contributed by atoms with Crippen molar-refractivity contribution in [1.82, 2.24) is 4.98 Å². The highest BCUT2D eigenvalue weighted by Crippen LogP contribution is 2.28. The van der Waals surface area contributed by atoms with Gasteiger partial charge < -0.3 is 14.9 Å².